The number of carbonyl (C=O) groups is 4. The van der Waals surface area contributed by atoms with E-state index in [1.54, 1.807) is 13.8 Å². The van der Waals surface area contributed by atoms with E-state index in [0.717, 1.165) is 12.2 Å². The predicted octanol–water partition coefficient (Wildman–Crippen LogP) is 1.05. The second-order valence-electron chi connectivity index (χ2n) is 6.66. The molecule has 2 amide bonds. The molecule has 3 N–H and O–H groups in total. The molecule has 0 spiro atoms. The monoisotopic (exact) mass is 386 g/mol. The first kappa shape index (κ1) is 24.0. The van der Waals surface area contributed by atoms with Crippen LogP contribution in [-0.2, 0) is 28.5 Å². The maximum Gasteiger partial charge on any atom is 0.407 e. The van der Waals surface area contributed by atoms with Crippen molar-refractivity contribution >= 4 is 24.1 Å². The summed E-state index contributed by atoms with van der Waals surface area (Å²) in [6.45, 7) is 10.7. The number of hydrogen-bond donors (Lipinski definition) is 2. The summed E-state index contributed by atoms with van der Waals surface area (Å²) >= 11 is 0. The van der Waals surface area contributed by atoms with Gasteiger partial charge in [-0.1, -0.05) is 27.0 Å². The molecule has 0 rings (SSSR count). The summed E-state index contributed by atoms with van der Waals surface area (Å²) in [5.41, 5.74) is 2.95. The summed E-state index contributed by atoms with van der Waals surface area (Å²) in [6, 6.07) is 0. The highest BCUT2D eigenvalue weighted by atomic mass is 16.6. The molecular formula is C17H26N2O8. The van der Waals surface area contributed by atoms with E-state index in [4.69, 9.17) is 19.9 Å². The summed E-state index contributed by atoms with van der Waals surface area (Å²) in [5.74, 6) is -1.42. The Labute approximate surface area is 157 Å². The fourth-order valence-electron chi connectivity index (χ4n) is 1.54. The second kappa shape index (κ2) is 10.8. The highest BCUT2D eigenvalue weighted by Crippen LogP contribution is 2.16. The van der Waals surface area contributed by atoms with Gasteiger partial charge >= 0.3 is 24.1 Å². The summed E-state index contributed by atoms with van der Waals surface area (Å²) in [4.78, 5) is 45.3. The molecule has 0 bridgehead atoms. The Morgan fingerprint density at radius 2 is 1.30 bits per heavy atom. The molecule has 0 unspecified atom stereocenters. The molecule has 27 heavy (non-hydrogen) atoms. The van der Waals surface area contributed by atoms with Crippen LogP contribution in [0.3, 0.4) is 0 Å². The number of nitrogens with one attached hydrogen (secondary N) is 1. The summed E-state index contributed by atoms with van der Waals surface area (Å²) in [7, 11) is 0. The van der Waals surface area contributed by atoms with Gasteiger partial charge in [0.2, 0.25) is 0 Å². The maximum absolute atomic E-state index is 12.1. The van der Waals surface area contributed by atoms with Gasteiger partial charge in [-0.2, -0.15) is 0 Å². The SMILES string of the molecule is C=CC(=O)OCC(C)(COC(=O)C=C)NC(=O)OCC(C)(C)COC(N)=O. The van der Waals surface area contributed by atoms with E-state index in [-0.39, 0.29) is 26.4 Å². The van der Waals surface area contributed by atoms with Crippen LogP contribution in [0.25, 0.3) is 0 Å². The highest BCUT2D eigenvalue weighted by molar-refractivity contribution is 5.82. The van der Waals surface area contributed by atoms with Crippen LogP contribution in [0.4, 0.5) is 9.59 Å². The van der Waals surface area contributed by atoms with Gasteiger partial charge in [0.1, 0.15) is 32.0 Å². The number of esters is 2. The van der Waals surface area contributed by atoms with E-state index in [2.05, 4.69) is 23.2 Å². The molecule has 0 aromatic carbocycles. The first-order valence-corrected chi connectivity index (χ1v) is 7.88. The number of primary amides is 1. The van der Waals surface area contributed by atoms with Crippen LogP contribution >= 0.6 is 0 Å². The lowest BCUT2D eigenvalue weighted by molar-refractivity contribution is -0.144. The fraction of sp³-hybridized carbons (Fsp3) is 0.529. The Balaban J connectivity index is 4.81. The molecule has 0 atom stereocenters. The van der Waals surface area contributed by atoms with Gasteiger partial charge in [-0.15, -0.1) is 0 Å². The molecule has 0 aliphatic heterocycles. The van der Waals surface area contributed by atoms with Gasteiger partial charge in [0.15, 0.2) is 0 Å². The zero-order valence-corrected chi connectivity index (χ0v) is 15.7. The van der Waals surface area contributed by atoms with Crippen molar-refractivity contribution in [3.63, 3.8) is 0 Å². The van der Waals surface area contributed by atoms with Crippen LogP contribution in [0.2, 0.25) is 0 Å². The molecule has 0 aliphatic carbocycles. The molecule has 0 aromatic heterocycles. The molecular weight excluding hydrogens is 360 g/mol. The summed E-state index contributed by atoms with van der Waals surface area (Å²) in [5, 5.41) is 2.47. The minimum absolute atomic E-state index is 0.0548. The van der Waals surface area contributed by atoms with Crippen molar-refractivity contribution in [1.82, 2.24) is 5.32 Å². The van der Waals surface area contributed by atoms with Gasteiger partial charge < -0.3 is 30.0 Å². The third kappa shape index (κ3) is 11.2. The number of rotatable bonds is 11. The standard InChI is InChI=1S/C17H26N2O8/c1-6-12(20)24-10-17(5,11-25-13(21)7-2)19-15(23)27-9-16(3,4)8-26-14(18)22/h6-7H,1-2,8-11H2,3-5H3,(H2,18,22)(H,19,23). The molecule has 0 saturated carbocycles. The average molecular weight is 386 g/mol. The Morgan fingerprint density at radius 1 is 0.852 bits per heavy atom. The van der Waals surface area contributed by atoms with Gasteiger partial charge in [0.05, 0.1) is 0 Å². The van der Waals surface area contributed by atoms with Crippen LogP contribution in [0.1, 0.15) is 20.8 Å². The van der Waals surface area contributed by atoms with Crippen LogP contribution in [0, 0.1) is 5.41 Å². The largest absolute Gasteiger partial charge is 0.460 e. The third-order valence-corrected chi connectivity index (χ3v) is 3.00. The quantitative estimate of drug-likeness (QED) is 0.305. The normalized spacial score (nSPS) is 10.9. The Kier molecular flexibility index (Phi) is 9.62. The number of amides is 2. The van der Waals surface area contributed by atoms with Gasteiger partial charge in [-0.25, -0.2) is 19.2 Å². The van der Waals surface area contributed by atoms with Crippen molar-refractivity contribution in [2.75, 3.05) is 26.4 Å². The molecule has 0 fully saturated rings. The number of alkyl carbamates (subject to hydrolysis) is 1. The first-order chi connectivity index (χ1) is 12.4. The van der Waals surface area contributed by atoms with Crippen LogP contribution < -0.4 is 11.1 Å². The topological polar surface area (TPSA) is 143 Å². The number of carbonyl (C=O) groups excluding carboxylic acids is 4. The van der Waals surface area contributed by atoms with Crippen molar-refractivity contribution in [2.24, 2.45) is 11.1 Å². The van der Waals surface area contributed by atoms with E-state index >= 15 is 0 Å². The van der Waals surface area contributed by atoms with Gasteiger partial charge in [0.25, 0.3) is 0 Å². The second-order valence-corrected chi connectivity index (χ2v) is 6.66. The summed E-state index contributed by atoms with van der Waals surface area (Å²) < 4.78 is 19.6. The molecule has 0 aromatic rings. The van der Waals surface area contributed by atoms with Gasteiger partial charge in [-0.3, -0.25) is 0 Å². The van der Waals surface area contributed by atoms with Gasteiger partial charge in [0, 0.05) is 17.6 Å². The Morgan fingerprint density at radius 3 is 1.70 bits per heavy atom. The molecule has 152 valence electrons. The highest BCUT2D eigenvalue weighted by Gasteiger charge is 2.32. The molecule has 0 saturated heterocycles. The molecule has 10 heteroatoms. The maximum atomic E-state index is 12.1. The molecule has 0 radical (unpaired) electrons. The number of hydrogen-bond acceptors (Lipinski definition) is 8. The van der Waals surface area contributed by atoms with E-state index in [0.29, 0.717) is 0 Å². The lowest BCUT2D eigenvalue weighted by Crippen LogP contribution is -2.54. The third-order valence-electron chi connectivity index (χ3n) is 3.00. The Bertz CT molecular complexity index is 561. The van der Waals surface area contributed by atoms with Crippen molar-refractivity contribution in [3.05, 3.63) is 25.3 Å². The number of ether oxygens (including phenoxy) is 4. The van der Waals surface area contributed by atoms with E-state index in [1.807, 2.05) is 0 Å². The lowest BCUT2D eigenvalue weighted by atomic mass is 9.96. The average Bonchev–Trinajstić information content (AvgIpc) is 2.61. The predicted molar refractivity (Wildman–Crippen MR) is 94.5 cm³/mol. The summed E-state index contributed by atoms with van der Waals surface area (Å²) in [6.07, 6.45) is 0.119. The van der Waals surface area contributed by atoms with Crippen molar-refractivity contribution in [3.8, 4) is 0 Å². The number of nitrogens with two attached hydrogens (primary N) is 1. The molecule has 10 nitrogen and oxygen atoms in total. The lowest BCUT2D eigenvalue weighted by Gasteiger charge is -2.30. The van der Waals surface area contributed by atoms with Crippen LogP contribution in [-0.4, -0.2) is 56.1 Å². The van der Waals surface area contributed by atoms with E-state index in [9.17, 15) is 19.2 Å². The zero-order chi connectivity index (χ0) is 21.1. The van der Waals surface area contributed by atoms with Crippen molar-refractivity contribution in [1.29, 1.82) is 0 Å². The van der Waals surface area contributed by atoms with E-state index in [1.165, 1.54) is 6.92 Å². The molecule has 0 aliphatic rings. The zero-order valence-electron chi connectivity index (χ0n) is 15.7. The van der Waals surface area contributed by atoms with Crippen LogP contribution in [0.15, 0.2) is 25.3 Å². The minimum atomic E-state index is -1.26. The fourth-order valence-corrected chi connectivity index (χ4v) is 1.54. The van der Waals surface area contributed by atoms with Crippen molar-refractivity contribution in [2.45, 2.75) is 26.3 Å². The Hall–Kier alpha value is -3.04. The first-order valence-electron chi connectivity index (χ1n) is 7.88. The minimum Gasteiger partial charge on any atom is -0.460 e. The van der Waals surface area contributed by atoms with Gasteiger partial charge in [-0.05, 0) is 6.92 Å². The van der Waals surface area contributed by atoms with Crippen LogP contribution in [0.5, 0.6) is 0 Å². The van der Waals surface area contributed by atoms with E-state index < -0.39 is 35.1 Å². The smallest absolute Gasteiger partial charge is 0.407 e. The van der Waals surface area contributed by atoms with Crippen molar-refractivity contribution < 1.29 is 38.1 Å². The molecule has 0 heterocycles.